The second kappa shape index (κ2) is 8.13. The molecule has 1 rings (SSSR count). The number of hydrogen-bond acceptors (Lipinski definition) is 1. The molecule has 3 unspecified atom stereocenters. The van der Waals surface area contributed by atoms with Gasteiger partial charge in [-0.15, -0.1) is 0 Å². The molecule has 0 aromatic rings. The maximum atomic E-state index is 3.57. The van der Waals surface area contributed by atoms with Gasteiger partial charge in [-0.05, 0) is 56.0 Å². The zero-order valence-corrected chi connectivity index (χ0v) is 12.5. The lowest BCUT2D eigenvalue weighted by atomic mass is 9.70. The highest BCUT2D eigenvalue weighted by molar-refractivity contribution is 4.81. The Labute approximate surface area is 109 Å². The molecule has 1 nitrogen and oxygen atoms in total. The van der Waals surface area contributed by atoms with E-state index in [1.165, 1.54) is 45.1 Å². The Hall–Kier alpha value is -0.0400. The normalized spacial score (nSPS) is 29.8. The third kappa shape index (κ3) is 4.99. The molecule has 0 amide bonds. The zero-order chi connectivity index (χ0) is 12.7. The van der Waals surface area contributed by atoms with Crippen molar-refractivity contribution in [2.45, 2.75) is 66.2 Å². The fourth-order valence-electron chi connectivity index (χ4n) is 3.50. The first-order valence-corrected chi connectivity index (χ1v) is 7.91. The largest absolute Gasteiger partial charge is 0.317 e. The van der Waals surface area contributed by atoms with Crippen LogP contribution in [-0.2, 0) is 0 Å². The van der Waals surface area contributed by atoms with Crippen LogP contribution in [-0.4, -0.2) is 13.1 Å². The molecule has 17 heavy (non-hydrogen) atoms. The first-order chi connectivity index (χ1) is 8.21. The van der Waals surface area contributed by atoms with Gasteiger partial charge < -0.3 is 5.32 Å². The smallest absolute Gasteiger partial charge is 0.00180 e. The number of nitrogens with one attached hydrogen (secondary N) is 1. The highest BCUT2D eigenvalue weighted by Gasteiger charge is 2.29. The lowest BCUT2D eigenvalue weighted by molar-refractivity contribution is 0.152. The van der Waals surface area contributed by atoms with Gasteiger partial charge in [-0.2, -0.15) is 0 Å². The van der Waals surface area contributed by atoms with Crippen molar-refractivity contribution in [2.24, 2.45) is 23.7 Å². The number of hydrogen-bond donors (Lipinski definition) is 1. The van der Waals surface area contributed by atoms with Gasteiger partial charge in [0.2, 0.25) is 0 Å². The minimum Gasteiger partial charge on any atom is -0.317 e. The Morgan fingerprint density at radius 3 is 2.35 bits per heavy atom. The maximum absolute atomic E-state index is 3.57. The molecule has 102 valence electrons. The molecule has 0 heterocycles. The molecule has 0 aliphatic heterocycles. The minimum atomic E-state index is 0.951. The summed E-state index contributed by atoms with van der Waals surface area (Å²) in [5.74, 6) is 3.87. The van der Waals surface area contributed by atoms with E-state index in [9.17, 15) is 0 Å². The van der Waals surface area contributed by atoms with E-state index in [4.69, 9.17) is 0 Å². The molecule has 3 atom stereocenters. The van der Waals surface area contributed by atoms with E-state index >= 15 is 0 Å². The SMILES string of the molecule is CCNCC1CCC(C)CC1CC(CC)CC. The summed E-state index contributed by atoms with van der Waals surface area (Å²) in [7, 11) is 0. The van der Waals surface area contributed by atoms with Gasteiger partial charge in [-0.3, -0.25) is 0 Å². The van der Waals surface area contributed by atoms with Gasteiger partial charge >= 0.3 is 0 Å². The first-order valence-electron chi connectivity index (χ1n) is 7.91. The van der Waals surface area contributed by atoms with Crippen molar-refractivity contribution in [2.75, 3.05) is 13.1 Å². The molecule has 1 heteroatoms. The number of rotatable bonds is 7. The van der Waals surface area contributed by atoms with Crippen molar-refractivity contribution in [1.82, 2.24) is 5.32 Å². The van der Waals surface area contributed by atoms with Gasteiger partial charge in [0.15, 0.2) is 0 Å². The standard InChI is InChI=1S/C16H33N/c1-5-14(6-2)11-16-10-13(4)8-9-15(16)12-17-7-3/h13-17H,5-12H2,1-4H3. The Bertz CT molecular complexity index is 184. The molecule has 0 saturated heterocycles. The lowest BCUT2D eigenvalue weighted by Gasteiger charge is -2.37. The molecule has 0 bridgehead atoms. The summed E-state index contributed by atoms with van der Waals surface area (Å²) in [6.45, 7) is 11.8. The van der Waals surface area contributed by atoms with Crippen LogP contribution in [0.4, 0.5) is 0 Å². The summed E-state index contributed by atoms with van der Waals surface area (Å²) in [6.07, 6.45) is 8.61. The molecule has 0 aromatic heterocycles. The van der Waals surface area contributed by atoms with E-state index in [1.54, 1.807) is 0 Å². The van der Waals surface area contributed by atoms with Gasteiger partial charge in [-0.1, -0.05) is 47.0 Å². The van der Waals surface area contributed by atoms with E-state index in [0.29, 0.717) is 0 Å². The van der Waals surface area contributed by atoms with Crippen LogP contribution in [0.3, 0.4) is 0 Å². The molecule has 0 spiro atoms. The van der Waals surface area contributed by atoms with Crippen LogP contribution in [0.5, 0.6) is 0 Å². The molecule has 1 aliphatic rings. The monoisotopic (exact) mass is 239 g/mol. The molecule has 0 radical (unpaired) electrons. The van der Waals surface area contributed by atoms with Crippen molar-refractivity contribution in [3.8, 4) is 0 Å². The summed E-state index contributed by atoms with van der Waals surface area (Å²) >= 11 is 0. The van der Waals surface area contributed by atoms with E-state index in [-0.39, 0.29) is 0 Å². The van der Waals surface area contributed by atoms with Crippen LogP contribution >= 0.6 is 0 Å². The molecular weight excluding hydrogens is 206 g/mol. The van der Waals surface area contributed by atoms with Crippen LogP contribution in [0.15, 0.2) is 0 Å². The summed E-state index contributed by atoms with van der Waals surface area (Å²) in [5.41, 5.74) is 0. The fourth-order valence-corrected chi connectivity index (χ4v) is 3.50. The van der Waals surface area contributed by atoms with E-state index < -0.39 is 0 Å². The van der Waals surface area contributed by atoms with Crippen molar-refractivity contribution in [3.63, 3.8) is 0 Å². The second-order valence-electron chi connectivity index (χ2n) is 6.16. The summed E-state index contributed by atoms with van der Waals surface area (Å²) in [6, 6.07) is 0. The molecule has 1 N–H and O–H groups in total. The van der Waals surface area contributed by atoms with Crippen molar-refractivity contribution < 1.29 is 0 Å². The van der Waals surface area contributed by atoms with Gasteiger partial charge in [0, 0.05) is 0 Å². The predicted octanol–water partition coefficient (Wildman–Crippen LogP) is 4.47. The Balaban J connectivity index is 2.48. The Morgan fingerprint density at radius 2 is 1.76 bits per heavy atom. The van der Waals surface area contributed by atoms with Gasteiger partial charge in [0.05, 0.1) is 0 Å². The van der Waals surface area contributed by atoms with Crippen molar-refractivity contribution in [1.29, 1.82) is 0 Å². The highest BCUT2D eigenvalue weighted by atomic mass is 14.8. The fraction of sp³-hybridized carbons (Fsp3) is 1.00. The zero-order valence-electron chi connectivity index (χ0n) is 12.5. The van der Waals surface area contributed by atoms with Gasteiger partial charge in [0.25, 0.3) is 0 Å². The Morgan fingerprint density at radius 1 is 1.06 bits per heavy atom. The van der Waals surface area contributed by atoms with Crippen molar-refractivity contribution in [3.05, 3.63) is 0 Å². The lowest BCUT2D eigenvalue weighted by Crippen LogP contribution is -2.33. The van der Waals surface area contributed by atoms with Crippen molar-refractivity contribution >= 4 is 0 Å². The quantitative estimate of drug-likeness (QED) is 0.691. The minimum absolute atomic E-state index is 0.951. The van der Waals surface area contributed by atoms with Crippen LogP contribution in [0.1, 0.15) is 66.2 Å². The van der Waals surface area contributed by atoms with Crippen LogP contribution < -0.4 is 5.32 Å². The third-order valence-corrected chi connectivity index (χ3v) is 4.85. The molecule has 0 aromatic carbocycles. The van der Waals surface area contributed by atoms with Gasteiger partial charge in [0.1, 0.15) is 0 Å². The third-order valence-electron chi connectivity index (χ3n) is 4.85. The van der Waals surface area contributed by atoms with E-state index in [1.807, 2.05) is 0 Å². The van der Waals surface area contributed by atoms with Crippen LogP contribution in [0.2, 0.25) is 0 Å². The average Bonchev–Trinajstić information content (AvgIpc) is 2.35. The van der Waals surface area contributed by atoms with Crippen LogP contribution in [0, 0.1) is 23.7 Å². The molecule has 1 fully saturated rings. The molecule has 1 saturated carbocycles. The van der Waals surface area contributed by atoms with E-state index in [0.717, 1.165) is 30.2 Å². The average molecular weight is 239 g/mol. The van der Waals surface area contributed by atoms with E-state index in [2.05, 4.69) is 33.0 Å². The second-order valence-corrected chi connectivity index (χ2v) is 6.16. The van der Waals surface area contributed by atoms with Gasteiger partial charge in [-0.25, -0.2) is 0 Å². The molecule has 1 aliphatic carbocycles. The first kappa shape index (κ1) is 15.0. The summed E-state index contributed by atoms with van der Waals surface area (Å²) in [4.78, 5) is 0. The van der Waals surface area contributed by atoms with Crippen LogP contribution in [0.25, 0.3) is 0 Å². The Kier molecular flexibility index (Phi) is 7.18. The summed E-state index contributed by atoms with van der Waals surface area (Å²) in [5, 5.41) is 3.57. The highest BCUT2D eigenvalue weighted by Crippen LogP contribution is 2.38. The topological polar surface area (TPSA) is 12.0 Å². The predicted molar refractivity (Wildman–Crippen MR) is 77.2 cm³/mol. The summed E-state index contributed by atoms with van der Waals surface area (Å²) < 4.78 is 0. The molecular formula is C16H33N. The maximum Gasteiger partial charge on any atom is -0.00180 e.